The van der Waals surface area contributed by atoms with Crippen LogP contribution in [-0.4, -0.2) is 22.6 Å². The van der Waals surface area contributed by atoms with Crippen LogP contribution in [0.5, 0.6) is 0 Å². The van der Waals surface area contributed by atoms with Crippen LogP contribution in [0.25, 0.3) is 0 Å². The van der Waals surface area contributed by atoms with Gasteiger partial charge in [-0.1, -0.05) is 16.8 Å². The molecule has 0 saturated carbocycles. The van der Waals surface area contributed by atoms with Crippen molar-refractivity contribution in [2.24, 2.45) is 5.92 Å². The number of rotatable bonds is 4. The van der Waals surface area contributed by atoms with Gasteiger partial charge in [-0.2, -0.15) is 4.98 Å². The van der Waals surface area contributed by atoms with Crippen LogP contribution in [-0.2, 0) is 16.6 Å². The molecule has 1 unspecified atom stereocenters. The van der Waals surface area contributed by atoms with Crippen molar-refractivity contribution < 1.29 is 9.32 Å². The lowest BCUT2D eigenvalue weighted by Crippen LogP contribution is -2.35. The highest BCUT2D eigenvalue weighted by molar-refractivity contribution is 5.76. The van der Waals surface area contributed by atoms with Crippen LogP contribution < -0.4 is 5.32 Å². The fourth-order valence-corrected chi connectivity index (χ4v) is 3.35. The zero-order valence-corrected chi connectivity index (χ0v) is 13.5. The van der Waals surface area contributed by atoms with Gasteiger partial charge in [-0.05, 0) is 51.9 Å². The highest BCUT2D eigenvalue weighted by Gasteiger charge is 2.32. The quantitative estimate of drug-likeness (QED) is 0.868. The molecule has 120 valence electrons. The number of allylic oxidation sites excluding steroid dienone is 2. The molecule has 0 spiro atoms. The van der Waals surface area contributed by atoms with E-state index in [-0.39, 0.29) is 11.3 Å². The average molecular weight is 303 g/mol. The highest BCUT2D eigenvalue weighted by atomic mass is 16.5. The number of amides is 1. The Bertz CT molecular complexity index is 564. The molecule has 5 nitrogen and oxygen atoms in total. The highest BCUT2D eigenvalue weighted by Crippen LogP contribution is 2.35. The minimum Gasteiger partial charge on any atom is -0.356 e. The number of carbonyl (C=O) groups excluding carboxylic acids is 1. The first-order chi connectivity index (χ1) is 10.6. The summed E-state index contributed by atoms with van der Waals surface area (Å²) in [4.78, 5) is 15.8. The Kier molecular flexibility index (Phi) is 4.32. The standard InChI is InChI=1S/C17H25N3O2/c1-17(2,13-6-4-3-5-7-13)16-19-15(22-20-16)10-12-8-9-14(21)18-11-12/h6,12H,3-5,7-11H2,1-2H3,(H,18,21). The molecule has 2 aliphatic rings. The second-order valence-electron chi connectivity index (χ2n) is 7.02. The van der Waals surface area contributed by atoms with Crippen LogP contribution in [0.3, 0.4) is 0 Å². The molecule has 1 aromatic heterocycles. The first-order valence-electron chi connectivity index (χ1n) is 8.35. The summed E-state index contributed by atoms with van der Waals surface area (Å²) < 4.78 is 5.47. The molecule has 1 saturated heterocycles. The summed E-state index contributed by atoms with van der Waals surface area (Å²) in [6.07, 6.45) is 9.42. The third-order valence-corrected chi connectivity index (χ3v) is 4.95. The maximum absolute atomic E-state index is 11.2. The van der Waals surface area contributed by atoms with Crippen molar-refractivity contribution in [1.29, 1.82) is 0 Å². The lowest BCUT2D eigenvalue weighted by molar-refractivity contribution is -0.122. The zero-order chi connectivity index (χ0) is 15.6. The average Bonchev–Trinajstić information content (AvgIpc) is 3.00. The minimum atomic E-state index is -0.150. The maximum atomic E-state index is 11.2. The summed E-state index contributed by atoms with van der Waals surface area (Å²) in [6.45, 7) is 5.07. The molecule has 1 aromatic rings. The number of carbonyl (C=O) groups is 1. The van der Waals surface area contributed by atoms with E-state index in [0.29, 0.717) is 24.8 Å². The van der Waals surface area contributed by atoms with Gasteiger partial charge in [0.2, 0.25) is 11.8 Å². The number of hydrogen-bond donors (Lipinski definition) is 1. The van der Waals surface area contributed by atoms with Gasteiger partial charge in [0.05, 0.1) is 0 Å². The molecule has 1 amide bonds. The Morgan fingerprint density at radius 1 is 1.36 bits per heavy atom. The first kappa shape index (κ1) is 15.3. The van der Waals surface area contributed by atoms with Crippen LogP contribution in [0.15, 0.2) is 16.2 Å². The number of nitrogens with one attached hydrogen (secondary N) is 1. The van der Waals surface area contributed by atoms with Crippen molar-refractivity contribution in [1.82, 2.24) is 15.5 Å². The molecule has 22 heavy (non-hydrogen) atoms. The Balaban J connectivity index is 1.67. The Hall–Kier alpha value is -1.65. The molecule has 1 aliphatic heterocycles. The largest absolute Gasteiger partial charge is 0.356 e. The fourth-order valence-electron chi connectivity index (χ4n) is 3.35. The predicted molar refractivity (Wildman–Crippen MR) is 83.3 cm³/mol. The molecule has 0 bridgehead atoms. The van der Waals surface area contributed by atoms with Crippen molar-refractivity contribution in [3.63, 3.8) is 0 Å². The Morgan fingerprint density at radius 2 is 2.23 bits per heavy atom. The van der Waals surface area contributed by atoms with Gasteiger partial charge in [0.25, 0.3) is 0 Å². The second-order valence-corrected chi connectivity index (χ2v) is 7.02. The van der Waals surface area contributed by atoms with Gasteiger partial charge < -0.3 is 9.84 Å². The molecular formula is C17H25N3O2. The van der Waals surface area contributed by atoms with E-state index in [4.69, 9.17) is 4.52 Å². The molecule has 0 aromatic carbocycles. The van der Waals surface area contributed by atoms with E-state index < -0.39 is 0 Å². The lowest BCUT2D eigenvalue weighted by Gasteiger charge is -2.27. The molecule has 1 fully saturated rings. The summed E-state index contributed by atoms with van der Waals surface area (Å²) in [6, 6.07) is 0. The minimum absolute atomic E-state index is 0.146. The van der Waals surface area contributed by atoms with Gasteiger partial charge in [-0.3, -0.25) is 4.79 Å². The third-order valence-electron chi connectivity index (χ3n) is 4.95. The Morgan fingerprint density at radius 3 is 2.91 bits per heavy atom. The number of piperidine rings is 1. The van der Waals surface area contributed by atoms with Crippen LogP contribution in [0.1, 0.15) is 64.1 Å². The normalized spacial score (nSPS) is 23.1. The second kappa shape index (κ2) is 6.23. The maximum Gasteiger partial charge on any atom is 0.227 e. The van der Waals surface area contributed by atoms with E-state index in [0.717, 1.165) is 31.5 Å². The summed E-state index contributed by atoms with van der Waals surface area (Å²) >= 11 is 0. The summed E-state index contributed by atoms with van der Waals surface area (Å²) in [5, 5.41) is 7.13. The Labute approximate surface area is 131 Å². The van der Waals surface area contributed by atoms with Gasteiger partial charge in [0.1, 0.15) is 0 Å². The molecule has 3 rings (SSSR count). The van der Waals surface area contributed by atoms with Gasteiger partial charge in [-0.15, -0.1) is 0 Å². The topological polar surface area (TPSA) is 68.0 Å². The van der Waals surface area contributed by atoms with Crippen molar-refractivity contribution in [2.45, 2.75) is 64.2 Å². The zero-order valence-electron chi connectivity index (χ0n) is 13.5. The molecular weight excluding hydrogens is 278 g/mol. The van der Waals surface area contributed by atoms with Crippen molar-refractivity contribution >= 4 is 5.91 Å². The van der Waals surface area contributed by atoms with Crippen LogP contribution in [0.2, 0.25) is 0 Å². The lowest BCUT2D eigenvalue weighted by atomic mass is 9.78. The van der Waals surface area contributed by atoms with Gasteiger partial charge in [0.15, 0.2) is 5.82 Å². The molecule has 5 heteroatoms. The van der Waals surface area contributed by atoms with Crippen LogP contribution >= 0.6 is 0 Å². The van der Waals surface area contributed by atoms with E-state index in [9.17, 15) is 4.79 Å². The summed E-state index contributed by atoms with van der Waals surface area (Å²) in [7, 11) is 0. The SMILES string of the molecule is CC(C)(C1=CCCCC1)c1noc(CC2CCC(=O)NC2)n1. The molecule has 2 heterocycles. The van der Waals surface area contributed by atoms with Crippen molar-refractivity contribution in [3.05, 3.63) is 23.4 Å². The molecule has 1 N–H and O–H groups in total. The monoisotopic (exact) mass is 303 g/mol. The van der Waals surface area contributed by atoms with Gasteiger partial charge >= 0.3 is 0 Å². The first-order valence-corrected chi connectivity index (χ1v) is 8.35. The molecule has 0 radical (unpaired) electrons. The number of aromatic nitrogens is 2. The van der Waals surface area contributed by atoms with E-state index in [1.807, 2.05) is 0 Å². The van der Waals surface area contributed by atoms with Crippen LogP contribution in [0, 0.1) is 5.92 Å². The number of nitrogens with zero attached hydrogens (tertiary/aromatic N) is 2. The van der Waals surface area contributed by atoms with Crippen molar-refractivity contribution in [3.8, 4) is 0 Å². The summed E-state index contributed by atoms with van der Waals surface area (Å²) in [5.41, 5.74) is 1.28. The van der Waals surface area contributed by atoms with E-state index in [1.165, 1.54) is 18.4 Å². The van der Waals surface area contributed by atoms with Gasteiger partial charge in [0, 0.05) is 24.8 Å². The van der Waals surface area contributed by atoms with E-state index in [2.05, 4.69) is 35.4 Å². The fraction of sp³-hybridized carbons (Fsp3) is 0.706. The molecule has 1 atom stereocenters. The smallest absolute Gasteiger partial charge is 0.227 e. The van der Waals surface area contributed by atoms with E-state index >= 15 is 0 Å². The third kappa shape index (κ3) is 3.23. The van der Waals surface area contributed by atoms with Crippen molar-refractivity contribution in [2.75, 3.05) is 6.54 Å². The van der Waals surface area contributed by atoms with Crippen LogP contribution in [0.4, 0.5) is 0 Å². The molecule has 1 aliphatic carbocycles. The summed E-state index contributed by atoms with van der Waals surface area (Å²) in [5.74, 6) is 2.03. The number of hydrogen-bond acceptors (Lipinski definition) is 4. The predicted octanol–water partition coefficient (Wildman–Crippen LogP) is 2.92. The van der Waals surface area contributed by atoms with E-state index in [1.54, 1.807) is 0 Å². The van der Waals surface area contributed by atoms with Gasteiger partial charge in [-0.25, -0.2) is 0 Å².